The first kappa shape index (κ1) is 13.1. The Morgan fingerprint density at radius 2 is 2.06 bits per heavy atom. The quantitative estimate of drug-likeness (QED) is 0.808. The minimum Gasteiger partial charge on any atom is -0.368 e. The molecule has 1 aromatic heterocycles. The molecule has 1 atom stereocenters. The van der Waals surface area contributed by atoms with Crippen LogP contribution in [0, 0.1) is 5.92 Å². The molecule has 4 heteroatoms. The minimum atomic E-state index is 0.593. The SMILES string of the molecule is CCC(CCCl)CNc1cnc2ccccc2n1. The zero-order valence-electron chi connectivity index (χ0n) is 10.6. The summed E-state index contributed by atoms with van der Waals surface area (Å²) in [4.78, 5) is 8.91. The Morgan fingerprint density at radius 1 is 1.28 bits per heavy atom. The number of hydrogen-bond donors (Lipinski definition) is 1. The van der Waals surface area contributed by atoms with Gasteiger partial charge in [0.15, 0.2) is 0 Å². The van der Waals surface area contributed by atoms with Gasteiger partial charge in [-0.25, -0.2) is 4.98 Å². The molecule has 0 saturated heterocycles. The van der Waals surface area contributed by atoms with Crippen LogP contribution in [0.15, 0.2) is 30.5 Å². The molecule has 0 radical (unpaired) electrons. The number of fused-ring (bicyclic) bond motifs is 1. The van der Waals surface area contributed by atoms with E-state index >= 15 is 0 Å². The number of para-hydroxylation sites is 2. The number of aromatic nitrogens is 2. The molecular formula is C14H18ClN3. The van der Waals surface area contributed by atoms with Gasteiger partial charge in [-0.05, 0) is 24.5 Å². The number of halogens is 1. The largest absolute Gasteiger partial charge is 0.368 e. The molecule has 0 bridgehead atoms. The number of benzene rings is 1. The Morgan fingerprint density at radius 3 is 2.78 bits per heavy atom. The van der Waals surface area contributed by atoms with E-state index in [1.165, 1.54) is 0 Å². The molecule has 18 heavy (non-hydrogen) atoms. The van der Waals surface area contributed by atoms with Crippen LogP contribution in [0.25, 0.3) is 11.0 Å². The molecule has 0 fully saturated rings. The zero-order chi connectivity index (χ0) is 12.8. The van der Waals surface area contributed by atoms with Crippen molar-refractivity contribution in [3.05, 3.63) is 30.5 Å². The molecule has 1 heterocycles. The number of hydrogen-bond acceptors (Lipinski definition) is 3. The van der Waals surface area contributed by atoms with E-state index in [9.17, 15) is 0 Å². The second kappa shape index (κ2) is 6.55. The number of nitrogens with zero attached hydrogens (tertiary/aromatic N) is 2. The normalized spacial score (nSPS) is 12.6. The van der Waals surface area contributed by atoms with Gasteiger partial charge in [0.05, 0.1) is 17.2 Å². The highest BCUT2D eigenvalue weighted by atomic mass is 35.5. The predicted molar refractivity (Wildman–Crippen MR) is 77.1 cm³/mol. The standard InChI is InChI=1S/C14H18ClN3/c1-2-11(7-8-15)9-17-14-10-16-12-5-3-4-6-13(12)18-14/h3-6,10-11H,2,7-9H2,1H3,(H,17,18). The van der Waals surface area contributed by atoms with Crippen molar-refractivity contribution in [3.63, 3.8) is 0 Å². The highest BCUT2D eigenvalue weighted by Crippen LogP contribution is 2.14. The molecule has 96 valence electrons. The zero-order valence-corrected chi connectivity index (χ0v) is 11.3. The number of anilines is 1. The van der Waals surface area contributed by atoms with Crippen LogP contribution >= 0.6 is 11.6 Å². The fraction of sp³-hybridized carbons (Fsp3) is 0.429. The van der Waals surface area contributed by atoms with Crippen LogP contribution in [0.1, 0.15) is 19.8 Å². The van der Waals surface area contributed by atoms with E-state index in [4.69, 9.17) is 11.6 Å². The summed E-state index contributed by atoms with van der Waals surface area (Å²) in [5.74, 6) is 2.14. The smallest absolute Gasteiger partial charge is 0.145 e. The highest BCUT2D eigenvalue weighted by Gasteiger charge is 2.06. The van der Waals surface area contributed by atoms with Crippen molar-refractivity contribution < 1.29 is 0 Å². The lowest BCUT2D eigenvalue weighted by atomic mass is 10.0. The molecule has 2 rings (SSSR count). The van der Waals surface area contributed by atoms with Crippen molar-refractivity contribution in [1.29, 1.82) is 0 Å². The van der Waals surface area contributed by atoms with E-state index < -0.39 is 0 Å². The summed E-state index contributed by atoms with van der Waals surface area (Å²) < 4.78 is 0. The molecule has 1 N–H and O–H groups in total. The van der Waals surface area contributed by atoms with E-state index in [-0.39, 0.29) is 0 Å². The number of rotatable bonds is 6. The van der Waals surface area contributed by atoms with Gasteiger partial charge in [0.25, 0.3) is 0 Å². The molecule has 0 spiro atoms. The second-order valence-electron chi connectivity index (χ2n) is 4.38. The first-order valence-corrected chi connectivity index (χ1v) is 6.88. The summed E-state index contributed by atoms with van der Waals surface area (Å²) in [6.07, 6.45) is 3.95. The van der Waals surface area contributed by atoms with E-state index in [0.29, 0.717) is 11.8 Å². The third-order valence-electron chi connectivity index (χ3n) is 3.12. The van der Waals surface area contributed by atoms with Gasteiger partial charge >= 0.3 is 0 Å². The molecule has 0 aliphatic rings. The molecule has 0 amide bonds. The Labute approximate surface area is 113 Å². The summed E-state index contributed by atoms with van der Waals surface area (Å²) in [5.41, 5.74) is 1.85. The lowest BCUT2D eigenvalue weighted by molar-refractivity contribution is 0.521. The number of alkyl halides is 1. The maximum atomic E-state index is 5.78. The lowest BCUT2D eigenvalue weighted by Crippen LogP contribution is -2.15. The molecular weight excluding hydrogens is 246 g/mol. The highest BCUT2D eigenvalue weighted by molar-refractivity contribution is 6.17. The average Bonchev–Trinajstić information content (AvgIpc) is 2.43. The number of nitrogens with one attached hydrogen (secondary N) is 1. The molecule has 2 aromatic rings. The second-order valence-corrected chi connectivity index (χ2v) is 4.75. The van der Waals surface area contributed by atoms with Crippen molar-refractivity contribution in [2.24, 2.45) is 5.92 Å². The maximum Gasteiger partial charge on any atom is 0.145 e. The first-order chi connectivity index (χ1) is 8.83. The Kier molecular flexibility index (Phi) is 4.76. The van der Waals surface area contributed by atoms with Crippen molar-refractivity contribution in [2.45, 2.75) is 19.8 Å². The molecule has 0 aliphatic carbocycles. The van der Waals surface area contributed by atoms with E-state index in [0.717, 1.165) is 36.2 Å². The molecule has 1 aromatic carbocycles. The lowest BCUT2D eigenvalue weighted by Gasteiger charge is -2.14. The van der Waals surface area contributed by atoms with Crippen molar-refractivity contribution in [3.8, 4) is 0 Å². The first-order valence-electron chi connectivity index (χ1n) is 6.35. The van der Waals surface area contributed by atoms with Crippen LogP contribution in [0.5, 0.6) is 0 Å². The monoisotopic (exact) mass is 263 g/mol. The third kappa shape index (κ3) is 3.33. The van der Waals surface area contributed by atoms with Gasteiger partial charge < -0.3 is 5.32 Å². The Balaban J connectivity index is 2.03. The molecule has 3 nitrogen and oxygen atoms in total. The van der Waals surface area contributed by atoms with Gasteiger partial charge in [0, 0.05) is 12.4 Å². The average molecular weight is 264 g/mol. The van der Waals surface area contributed by atoms with Crippen molar-refractivity contribution in [1.82, 2.24) is 9.97 Å². The summed E-state index contributed by atoms with van der Waals surface area (Å²) in [6, 6.07) is 7.89. The van der Waals surface area contributed by atoms with Gasteiger partial charge in [-0.2, -0.15) is 0 Å². The van der Waals surface area contributed by atoms with Crippen LogP contribution in [-0.2, 0) is 0 Å². The summed E-state index contributed by atoms with van der Waals surface area (Å²) >= 11 is 5.78. The van der Waals surface area contributed by atoms with E-state index in [2.05, 4.69) is 22.2 Å². The molecule has 0 aliphatic heterocycles. The van der Waals surface area contributed by atoms with Crippen LogP contribution in [0.4, 0.5) is 5.82 Å². The third-order valence-corrected chi connectivity index (χ3v) is 3.33. The summed E-state index contributed by atoms with van der Waals surface area (Å²) in [6.45, 7) is 3.08. The molecule has 0 saturated carbocycles. The van der Waals surface area contributed by atoms with Crippen molar-refractivity contribution in [2.75, 3.05) is 17.7 Å². The fourth-order valence-electron chi connectivity index (χ4n) is 1.90. The Bertz CT molecular complexity index is 501. The van der Waals surface area contributed by atoms with Gasteiger partial charge in [0.2, 0.25) is 0 Å². The van der Waals surface area contributed by atoms with Gasteiger partial charge in [-0.15, -0.1) is 11.6 Å². The summed E-state index contributed by atoms with van der Waals surface area (Å²) in [5, 5.41) is 3.34. The maximum absolute atomic E-state index is 5.78. The van der Waals surface area contributed by atoms with E-state index in [1.807, 2.05) is 24.3 Å². The van der Waals surface area contributed by atoms with Crippen molar-refractivity contribution >= 4 is 28.5 Å². The fourth-order valence-corrected chi connectivity index (χ4v) is 2.20. The summed E-state index contributed by atoms with van der Waals surface area (Å²) in [7, 11) is 0. The van der Waals surface area contributed by atoms with Crippen LogP contribution in [-0.4, -0.2) is 22.4 Å². The predicted octanol–water partition coefficient (Wildman–Crippen LogP) is 3.70. The topological polar surface area (TPSA) is 37.8 Å². The van der Waals surface area contributed by atoms with Crippen LogP contribution in [0.2, 0.25) is 0 Å². The van der Waals surface area contributed by atoms with Gasteiger partial charge in [-0.1, -0.05) is 25.5 Å². The van der Waals surface area contributed by atoms with Crippen LogP contribution in [0.3, 0.4) is 0 Å². The van der Waals surface area contributed by atoms with E-state index in [1.54, 1.807) is 6.20 Å². The Hall–Kier alpha value is -1.35. The molecule has 1 unspecified atom stereocenters. The van der Waals surface area contributed by atoms with Crippen LogP contribution < -0.4 is 5.32 Å². The van der Waals surface area contributed by atoms with Gasteiger partial charge in [0.1, 0.15) is 5.82 Å². The van der Waals surface area contributed by atoms with Gasteiger partial charge in [-0.3, -0.25) is 4.98 Å². The minimum absolute atomic E-state index is 0.593.